The number of unbranched alkanes of at least 4 members (excludes halogenated alkanes) is 2. The lowest BCUT2D eigenvalue weighted by Gasteiger charge is -2.26. The van der Waals surface area contributed by atoms with Gasteiger partial charge in [-0.3, -0.25) is 4.98 Å². The van der Waals surface area contributed by atoms with Crippen LogP contribution < -0.4 is 5.32 Å². The second-order valence-electron chi connectivity index (χ2n) is 5.15. The molecule has 0 aliphatic heterocycles. The van der Waals surface area contributed by atoms with Crippen LogP contribution in [0, 0.1) is 0 Å². The smallest absolute Gasteiger partial charge is 0.169 e. The van der Waals surface area contributed by atoms with E-state index < -0.39 is 0 Å². The average molecular weight is 277 g/mol. The van der Waals surface area contributed by atoms with E-state index in [0.29, 0.717) is 6.04 Å². The highest BCUT2D eigenvalue weighted by atomic mass is 32.1. The number of aromatic nitrogens is 1. The van der Waals surface area contributed by atoms with Crippen molar-refractivity contribution in [3.8, 4) is 0 Å². The molecule has 19 heavy (non-hydrogen) atoms. The van der Waals surface area contributed by atoms with Gasteiger partial charge in [0, 0.05) is 31.5 Å². The van der Waals surface area contributed by atoms with Gasteiger partial charge >= 0.3 is 0 Å². The molecular weight excluding hydrogens is 254 g/mol. The first kappa shape index (κ1) is 14.3. The number of hydrogen-bond acceptors (Lipinski definition) is 2. The topological polar surface area (TPSA) is 28.2 Å². The van der Waals surface area contributed by atoms with Crippen molar-refractivity contribution in [1.82, 2.24) is 15.2 Å². The van der Waals surface area contributed by atoms with E-state index >= 15 is 0 Å². The van der Waals surface area contributed by atoms with Crippen LogP contribution in [0.1, 0.15) is 44.6 Å². The first-order valence-electron chi connectivity index (χ1n) is 7.24. The van der Waals surface area contributed by atoms with Crippen molar-refractivity contribution >= 4 is 17.3 Å². The van der Waals surface area contributed by atoms with Gasteiger partial charge in [-0.05, 0) is 49.2 Å². The first-order chi connectivity index (χ1) is 9.31. The van der Waals surface area contributed by atoms with Crippen molar-refractivity contribution in [2.45, 2.75) is 51.6 Å². The zero-order valence-electron chi connectivity index (χ0n) is 11.6. The van der Waals surface area contributed by atoms with Crippen LogP contribution in [-0.4, -0.2) is 27.6 Å². The molecule has 1 aliphatic carbocycles. The second kappa shape index (κ2) is 7.43. The van der Waals surface area contributed by atoms with Crippen LogP contribution in [0.15, 0.2) is 24.5 Å². The molecule has 0 amide bonds. The summed E-state index contributed by atoms with van der Waals surface area (Å²) in [6, 6.07) is 4.77. The first-order valence-corrected chi connectivity index (χ1v) is 7.65. The molecule has 2 rings (SSSR count). The third kappa shape index (κ3) is 4.78. The number of hydrogen-bond donors (Lipinski definition) is 1. The Hall–Kier alpha value is -1.16. The van der Waals surface area contributed by atoms with Crippen molar-refractivity contribution in [2.75, 3.05) is 6.54 Å². The molecule has 4 heteroatoms. The summed E-state index contributed by atoms with van der Waals surface area (Å²) in [5, 5.41) is 4.31. The van der Waals surface area contributed by atoms with Gasteiger partial charge in [-0.25, -0.2) is 0 Å². The van der Waals surface area contributed by atoms with Crippen molar-refractivity contribution < 1.29 is 0 Å². The van der Waals surface area contributed by atoms with E-state index in [0.717, 1.165) is 18.2 Å². The quantitative estimate of drug-likeness (QED) is 0.612. The lowest BCUT2D eigenvalue weighted by atomic mass is 10.2. The van der Waals surface area contributed by atoms with E-state index in [4.69, 9.17) is 12.2 Å². The van der Waals surface area contributed by atoms with Crippen LogP contribution in [0.2, 0.25) is 0 Å². The van der Waals surface area contributed by atoms with E-state index in [2.05, 4.69) is 34.3 Å². The van der Waals surface area contributed by atoms with E-state index in [-0.39, 0.29) is 0 Å². The number of rotatable bonds is 7. The standard InChI is InChI=1S/C15H23N3S/c1-2-3-4-9-17-15(19)18(14-5-6-14)12-13-7-10-16-11-8-13/h7-8,10-11,14H,2-6,9,12H2,1H3,(H,17,19). The van der Waals surface area contributed by atoms with E-state index in [1.165, 1.54) is 37.7 Å². The van der Waals surface area contributed by atoms with Gasteiger partial charge in [-0.2, -0.15) is 0 Å². The molecule has 0 atom stereocenters. The number of thiocarbonyl (C=S) groups is 1. The second-order valence-corrected chi connectivity index (χ2v) is 5.54. The molecule has 1 aliphatic rings. The normalized spacial score (nSPS) is 14.2. The molecule has 1 heterocycles. The molecule has 104 valence electrons. The number of nitrogens with zero attached hydrogens (tertiary/aromatic N) is 2. The molecule has 1 aromatic rings. The van der Waals surface area contributed by atoms with Crippen LogP contribution in [0.4, 0.5) is 0 Å². The molecule has 0 saturated heterocycles. The molecule has 1 N–H and O–H groups in total. The van der Waals surface area contributed by atoms with Crippen LogP contribution in [0.5, 0.6) is 0 Å². The van der Waals surface area contributed by atoms with Gasteiger partial charge in [0.05, 0.1) is 0 Å². The zero-order valence-corrected chi connectivity index (χ0v) is 12.5. The van der Waals surface area contributed by atoms with Gasteiger partial charge in [0.15, 0.2) is 5.11 Å². The fourth-order valence-electron chi connectivity index (χ4n) is 2.11. The van der Waals surface area contributed by atoms with Crippen molar-refractivity contribution in [3.63, 3.8) is 0 Å². The van der Waals surface area contributed by atoms with Crippen molar-refractivity contribution in [3.05, 3.63) is 30.1 Å². The predicted octanol–water partition coefficient (Wildman–Crippen LogP) is 3.11. The highest BCUT2D eigenvalue weighted by Gasteiger charge is 2.30. The summed E-state index contributed by atoms with van der Waals surface area (Å²) in [5.41, 5.74) is 1.28. The van der Waals surface area contributed by atoms with Crippen molar-refractivity contribution in [1.29, 1.82) is 0 Å². The average Bonchev–Trinajstić information content (AvgIpc) is 3.26. The van der Waals surface area contributed by atoms with Gasteiger partial charge in [-0.1, -0.05) is 19.8 Å². The van der Waals surface area contributed by atoms with Gasteiger partial charge in [0.25, 0.3) is 0 Å². The Morgan fingerprint density at radius 1 is 1.37 bits per heavy atom. The molecule has 1 aromatic heterocycles. The summed E-state index contributed by atoms with van der Waals surface area (Å²) in [4.78, 5) is 6.39. The molecule has 3 nitrogen and oxygen atoms in total. The molecule has 1 fully saturated rings. The van der Waals surface area contributed by atoms with Crippen molar-refractivity contribution in [2.24, 2.45) is 0 Å². The Morgan fingerprint density at radius 2 is 2.11 bits per heavy atom. The Kier molecular flexibility index (Phi) is 5.58. The molecule has 1 saturated carbocycles. The Labute approximate surface area is 121 Å². The molecular formula is C15H23N3S. The van der Waals surface area contributed by atoms with Gasteiger partial charge in [-0.15, -0.1) is 0 Å². The number of nitrogens with one attached hydrogen (secondary N) is 1. The van der Waals surface area contributed by atoms with Crippen LogP contribution in [0.25, 0.3) is 0 Å². The summed E-state index contributed by atoms with van der Waals surface area (Å²) < 4.78 is 0. The summed E-state index contributed by atoms with van der Waals surface area (Å²) in [6.07, 6.45) is 9.94. The fourth-order valence-corrected chi connectivity index (χ4v) is 2.43. The van der Waals surface area contributed by atoms with E-state index in [1.54, 1.807) is 0 Å². The molecule has 0 unspecified atom stereocenters. The molecule has 0 radical (unpaired) electrons. The van der Waals surface area contributed by atoms with Crippen LogP contribution in [0.3, 0.4) is 0 Å². The maximum Gasteiger partial charge on any atom is 0.169 e. The minimum absolute atomic E-state index is 0.638. The third-order valence-electron chi connectivity index (χ3n) is 3.41. The lowest BCUT2D eigenvalue weighted by molar-refractivity contribution is 0.395. The van der Waals surface area contributed by atoms with Gasteiger partial charge in [0.2, 0.25) is 0 Å². The Bertz CT molecular complexity index is 390. The third-order valence-corrected chi connectivity index (χ3v) is 3.79. The molecule has 0 spiro atoms. The minimum Gasteiger partial charge on any atom is -0.363 e. The van der Waals surface area contributed by atoms with E-state index in [9.17, 15) is 0 Å². The summed E-state index contributed by atoms with van der Waals surface area (Å²) >= 11 is 5.54. The lowest BCUT2D eigenvalue weighted by Crippen LogP contribution is -2.41. The molecule has 0 aromatic carbocycles. The van der Waals surface area contributed by atoms with Crippen LogP contribution >= 0.6 is 12.2 Å². The summed E-state index contributed by atoms with van der Waals surface area (Å²) in [6.45, 7) is 4.11. The SMILES string of the molecule is CCCCCNC(=S)N(Cc1ccncc1)C1CC1. The zero-order chi connectivity index (χ0) is 13.5. The molecule has 0 bridgehead atoms. The highest BCUT2D eigenvalue weighted by Crippen LogP contribution is 2.28. The largest absolute Gasteiger partial charge is 0.363 e. The summed E-state index contributed by atoms with van der Waals surface area (Å²) in [7, 11) is 0. The minimum atomic E-state index is 0.638. The fraction of sp³-hybridized carbons (Fsp3) is 0.600. The Balaban J connectivity index is 1.83. The van der Waals surface area contributed by atoms with Gasteiger partial charge < -0.3 is 10.2 Å². The summed E-state index contributed by atoms with van der Waals surface area (Å²) in [5.74, 6) is 0. The maximum atomic E-state index is 5.54. The highest BCUT2D eigenvalue weighted by molar-refractivity contribution is 7.80. The predicted molar refractivity (Wildman–Crippen MR) is 82.9 cm³/mol. The van der Waals surface area contributed by atoms with Crippen LogP contribution in [-0.2, 0) is 6.54 Å². The monoisotopic (exact) mass is 277 g/mol. The maximum absolute atomic E-state index is 5.54. The number of pyridine rings is 1. The van der Waals surface area contributed by atoms with E-state index in [1.807, 2.05) is 12.4 Å². The Morgan fingerprint density at radius 3 is 2.74 bits per heavy atom. The van der Waals surface area contributed by atoms with Gasteiger partial charge in [0.1, 0.15) is 0 Å².